The molecule has 0 saturated carbocycles. The van der Waals surface area contributed by atoms with E-state index in [4.69, 9.17) is 14.0 Å². The number of rotatable bonds is 6. The molecule has 0 aliphatic heterocycles. The Morgan fingerprint density at radius 3 is 2.33 bits per heavy atom. The van der Waals surface area contributed by atoms with Gasteiger partial charge in [-0.2, -0.15) is 8.42 Å². The van der Waals surface area contributed by atoms with Gasteiger partial charge in [0.2, 0.25) is 0 Å². The van der Waals surface area contributed by atoms with Crippen molar-refractivity contribution in [1.82, 2.24) is 0 Å². The summed E-state index contributed by atoms with van der Waals surface area (Å²) in [4.78, 5) is 11.7. The van der Waals surface area contributed by atoms with E-state index >= 15 is 0 Å². The molecule has 0 atom stereocenters. The number of carbonyl (C=O) groups excluding carboxylic acids is 1. The number of ether oxygens (including phenoxy) is 2. The highest BCUT2D eigenvalue weighted by molar-refractivity contribution is 7.85. The van der Waals surface area contributed by atoms with Crippen molar-refractivity contribution < 1.29 is 27.2 Å². The lowest BCUT2D eigenvalue weighted by atomic mass is 10.1. The quantitative estimate of drug-likeness (QED) is 0.618. The summed E-state index contributed by atoms with van der Waals surface area (Å²) in [6.45, 7) is 0. The predicted octanol–water partition coefficient (Wildman–Crippen LogP) is 1.16. The van der Waals surface area contributed by atoms with E-state index in [1.807, 2.05) is 0 Å². The summed E-state index contributed by atoms with van der Waals surface area (Å²) in [6.07, 6.45) is -0.283. The van der Waals surface area contributed by atoms with Crippen molar-refractivity contribution >= 4 is 15.9 Å². The SMILES string of the molecule is COc1ccc(C(=O)CCS(=O)(=O)O)cc1OC. The Bertz CT molecular complexity index is 534. The van der Waals surface area contributed by atoms with E-state index in [9.17, 15) is 13.2 Å². The van der Waals surface area contributed by atoms with E-state index in [1.165, 1.54) is 26.4 Å². The third kappa shape index (κ3) is 4.01. The van der Waals surface area contributed by atoms with E-state index in [0.29, 0.717) is 17.1 Å². The third-order valence-corrected chi connectivity index (χ3v) is 3.01. The number of benzene rings is 1. The maximum atomic E-state index is 11.7. The van der Waals surface area contributed by atoms with Crippen LogP contribution in [-0.2, 0) is 10.1 Å². The second-order valence-corrected chi connectivity index (χ2v) is 5.10. The number of hydrogen-bond donors (Lipinski definition) is 1. The molecular formula is C11H14O6S. The fraction of sp³-hybridized carbons (Fsp3) is 0.364. The number of carbonyl (C=O) groups is 1. The zero-order chi connectivity index (χ0) is 13.8. The maximum absolute atomic E-state index is 11.7. The molecule has 0 fully saturated rings. The van der Waals surface area contributed by atoms with Crippen molar-refractivity contribution in [2.24, 2.45) is 0 Å². The van der Waals surface area contributed by atoms with Gasteiger partial charge in [-0.3, -0.25) is 9.35 Å². The average molecular weight is 274 g/mol. The zero-order valence-electron chi connectivity index (χ0n) is 10.0. The van der Waals surface area contributed by atoms with Gasteiger partial charge in [-0.1, -0.05) is 0 Å². The van der Waals surface area contributed by atoms with Gasteiger partial charge in [-0.05, 0) is 18.2 Å². The number of hydrogen-bond acceptors (Lipinski definition) is 5. The molecule has 0 radical (unpaired) electrons. The molecule has 6 nitrogen and oxygen atoms in total. The second kappa shape index (κ2) is 5.83. The molecule has 1 rings (SSSR count). The standard InChI is InChI=1S/C11H14O6S/c1-16-10-4-3-8(7-11(10)17-2)9(12)5-6-18(13,14)15/h3-4,7H,5-6H2,1-2H3,(H,13,14,15). The fourth-order valence-electron chi connectivity index (χ4n) is 1.38. The average Bonchev–Trinajstić information content (AvgIpc) is 2.34. The van der Waals surface area contributed by atoms with Gasteiger partial charge in [-0.15, -0.1) is 0 Å². The minimum atomic E-state index is -4.13. The Labute approximate surface area is 105 Å². The molecule has 0 amide bonds. The number of ketones is 1. The van der Waals surface area contributed by atoms with Crippen LogP contribution in [0.15, 0.2) is 18.2 Å². The molecule has 1 aromatic carbocycles. The highest BCUT2D eigenvalue weighted by atomic mass is 32.2. The smallest absolute Gasteiger partial charge is 0.265 e. The largest absolute Gasteiger partial charge is 0.493 e. The van der Waals surface area contributed by atoms with Gasteiger partial charge in [0, 0.05) is 12.0 Å². The van der Waals surface area contributed by atoms with Gasteiger partial charge >= 0.3 is 0 Å². The lowest BCUT2D eigenvalue weighted by molar-refractivity contribution is 0.0987. The van der Waals surface area contributed by atoms with E-state index in [2.05, 4.69) is 0 Å². The molecule has 100 valence electrons. The van der Waals surface area contributed by atoms with Crippen LogP contribution in [0.4, 0.5) is 0 Å². The minimum Gasteiger partial charge on any atom is -0.493 e. The molecule has 1 aromatic rings. The highest BCUT2D eigenvalue weighted by Crippen LogP contribution is 2.27. The van der Waals surface area contributed by atoms with Crippen molar-refractivity contribution in [3.8, 4) is 11.5 Å². The predicted molar refractivity (Wildman–Crippen MR) is 64.9 cm³/mol. The van der Waals surface area contributed by atoms with Crippen LogP contribution < -0.4 is 9.47 Å². The molecule has 1 N–H and O–H groups in total. The lowest BCUT2D eigenvalue weighted by Gasteiger charge is -2.08. The molecule has 0 saturated heterocycles. The van der Waals surface area contributed by atoms with Gasteiger partial charge in [0.15, 0.2) is 17.3 Å². The summed E-state index contributed by atoms with van der Waals surface area (Å²) in [7, 11) is -1.23. The normalized spacial score (nSPS) is 11.1. The third-order valence-electron chi connectivity index (χ3n) is 2.29. The molecule has 0 heterocycles. The maximum Gasteiger partial charge on any atom is 0.265 e. The highest BCUT2D eigenvalue weighted by Gasteiger charge is 2.14. The van der Waals surface area contributed by atoms with Crippen LogP contribution in [0.3, 0.4) is 0 Å². The van der Waals surface area contributed by atoms with Gasteiger partial charge in [-0.25, -0.2) is 0 Å². The Hall–Kier alpha value is -1.60. The zero-order valence-corrected chi connectivity index (χ0v) is 10.9. The van der Waals surface area contributed by atoms with Crippen molar-refractivity contribution in [1.29, 1.82) is 0 Å². The Morgan fingerprint density at radius 2 is 1.83 bits per heavy atom. The van der Waals surface area contributed by atoms with Crippen LogP contribution in [-0.4, -0.2) is 38.7 Å². The molecule has 0 aliphatic carbocycles. The first-order chi connectivity index (χ1) is 8.37. The summed E-state index contributed by atoms with van der Waals surface area (Å²) in [5.41, 5.74) is 0.302. The van der Waals surface area contributed by atoms with Crippen LogP contribution in [0.5, 0.6) is 11.5 Å². The van der Waals surface area contributed by atoms with Gasteiger partial charge in [0.25, 0.3) is 10.1 Å². The molecule has 0 unspecified atom stereocenters. The van der Waals surface area contributed by atoms with Crippen molar-refractivity contribution in [3.05, 3.63) is 23.8 Å². The molecule has 0 aromatic heterocycles. The Morgan fingerprint density at radius 1 is 1.22 bits per heavy atom. The van der Waals surface area contributed by atoms with Crippen LogP contribution in [0.25, 0.3) is 0 Å². The summed E-state index contributed by atoms with van der Waals surface area (Å²) in [5.74, 6) is -0.132. The fourth-order valence-corrected chi connectivity index (χ4v) is 1.82. The first-order valence-corrected chi connectivity index (χ1v) is 6.68. The number of methoxy groups -OCH3 is 2. The molecule has 7 heteroatoms. The summed E-state index contributed by atoms with van der Waals surface area (Å²) >= 11 is 0. The van der Waals surface area contributed by atoms with Crippen LogP contribution in [0.1, 0.15) is 16.8 Å². The summed E-state index contributed by atoms with van der Waals surface area (Å²) in [5, 5.41) is 0. The molecule has 0 bridgehead atoms. The van der Waals surface area contributed by atoms with E-state index in [-0.39, 0.29) is 6.42 Å². The van der Waals surface area contributed by atoms with Crippen LogP contribution in [0, 0.1) is 0 Å². The Balaban J connectivity index is 2.87. The molecule has 18 heavy (non-hydrogen) atoms. The lowest BCUT2D eigenvalue weighted by Crippen LogP contribution is -2.10. The van der Waals surface area contributed by atoms with Crippen molar-refractivity contribution in [2.45, 2.75) is 6.42 Å². The van der Waals surface area contributed by atoms with Crippen molar-refractivity contribution in [3.63, 3.8) is 0 Å². The van der Waals surface area contributed by atoms with Crippen LogP contribution in [0.2, 0.25) is 0 Å². The summed E-state index contributed by atoms with van der Waals surface area (Å²) < 4.78 is 39.7. The first-order valence-electron chi connectivity index (χ1n) is 5.08. The Kier molecular flexibility index (Phi) is 4.69. The number of Topliss-reactive ketones (excluding diaryl/α,β-unsaturated/α-hetero) is 1. The minimum absolute atomic E-state index is 0.283. The van der Waals surface area contributed by atoms with Gasteiger partial charge < -0.3 is 9.47 Å². The topological polar surface area (TPSA) is 89.9 Å². The molecular weight excluding hydrogens is 260 g/mol. The molecule has 0 spiro atoms. The van der Waals surface area contributed by atoms with Gasteiger partial charge in [0.1, 0.15) is 0 Å². The first kappa shape index (κ1) is 14.5. The second-order valence-electron chi connectivity index (χ2n) is 3.53. The van der Waals surface area contributed by atoms with E-state index in [1.54, 1.807) is 6.07 Å². The summed E-state index contributed by atoms with van der Waals surface area (Å²) in [6, 6.07) is 4.53. The van der Waals surface area contributed by atoms with Crippen LogP contribution >= 0.6 is 0 Å². The monoisotopic (exact) mass is 274 g/mol. The molecule has 0 aliphatic rings. The van der Waals surface area contributed by atoms with E-state index in [0.717, 1.165) is 0 Å². The van der Waals surface area contributed by atoms with Gasteiger partial charge in [0.05, 0.1) is 20.0 Å². The van der Waals surface area contributed by atoms with Crippen molar-refractivity contribution in [2.75, 3.05) is 20.0 Å². The van der Waals surface area contributed by atoms with E-state index < -0.39 is 21.7 Å².